The number of nitrogens with one attached hydrogen (secondary N) is 3. The van der Waals surface area contributed by atoms with Crippen LogP contribution in [0.4, 0.5) is 0 Å². The molecule has 0 aromatic carbocycles. The molecule has 10 nitrogen and oxygen atoms in total. The first-order valence-corrected chi connectivity index (χ1v) is 6.44. The minimum absolute atomic E-state index is 0.365. The van der Waals surface area contributed by atoms with E-state index < -0.39 is 44.8 Å². The van der Waals surface area contributed by atoms with Gasteiger partial charge in [0.1, 0.15) is 6.04 Å². The van der Waals surface area contributed by atoms with Crippen LogP contribution in [0.25, 0.3) is 0 Å². The van der Waals surface area contributed by atoms with Crippen molar-refractivity contribution in [3.05, 3.63) is 27.0 Å². The van der Waals surface area contributed by atoms with E-state index in [0.717, 1.165) is 0 Å². The van der Waals surface area contributed by atoms with Crippen molar-refractivity contribution in [2.75, 3.05) is 6.61 Å². The van der Waals surface area contributed by atoms with E-state index in [1.165, 1.54) is 0 Å². The number of carbonyl (C=O) groups is 1. The quantitative estimate of drug-likeness (QED) is 0.376. The number of aromatic nitrogens is 2. The summed E-state index contributed by atoms with van der Waals surface area (Å²) in [6.07, 6.45) is 0.289. The number of rotatable bonds is 6. The molecule has 0 fully saturated rings. The standard InChI is InChI=1S/C8H11N3O7S/c12-2-1-4(7(14)15)11-19(17,18)5-3-9-8(16)10-6(5)13/h3-4,11-12H,1-2H2,(H,14,15)(H2,9,10,13,16). The molecule has 19 heavy (non-hydrogen) atoms. The summed E-state index contributed by atoms with van der Waals surface area (Å²) in [6.45, 7) is -0.554. The van der Waals surface area contributed by atoms with Gasteiger partial charge in [0.05, 0.1) is 0 Å². The van der Waals surface area contributed by atoms with Crippen molar-refractivity contribution in [3.8, 4) is 0 Å². The van der Waals surface area contributed by atoms with Crippen LogP contribution in [0, 0.1) is 0 Å². The molecule has 0 aliphatic heterocycles. The molecule has 1 aromatic rings. The van der Waals surface area contributed by atoms with Crippen LogP contribution in [-0.2, 0) is 14.8 Å². The summed E-state index contributed by atoms with van der Waals surface area (Å²) < 4.78 is 25.3. The number of sulfonamides is 1. The Morgan fingerprint density at radius 3 is 2.53 bits per heavy atom. The topological polar surface area (TPSA) is 169 Å². The molecule has 0 spiro atoms. The minimum atomic E-state index is -4.43. The Kier molecular flexibility index (Phi) is 4.58. The lowest BCUT2D eigenvalue weighted by atomic mass is 10.2. The Morgan fingerprint density at radius 2 is 2.05 bits per heavy atom. The molecule has 0 bridgehead atoms. The molecule has 11 heteroatoms. The van der Waals surface area contributed by atoms with E-state index in [1.54, 1.807) is 9.71 Å². The van der Waals surface area contributed by atoms with Gasteiger partial charge in [-0.15, -0.1) is 0 Å². The Balaban J connectivity index is 3.13. The van der Waals surface area contributed by atoms with Gasteiger partial charge in [-0.05, 0) is 6.42 Å². The van der Waals surface area contributed by atoms with Crippen molar-refractivity contribution in [2.45, 2.75) is 17.4 Å². The fourth-order valence-electron chi connectivity index (χ4n) is 1.21. The van der Waals surface area contributed by atoms with E-state index in [4.69, 9.17) is 10.2 Å². The summed E-state index contributed by atoms with van der Waals surface area (Å²) >= 11 is 0. The second kappa shape index (κ2) is 5.77. The summed E-state index contributed by atoms with van der Waals surface area (Å²) in [5.41, 5.74) is -2.07. The van der Waals surface area contributed by atoms with Gasteiger partial charge in [0, 0.05) is 12.8 Å². The van der Waals surface area contributed by atoms with E-state index in [0.29, 0.717) is 6.20 Å². The maximum atomic E-state index is 11.8. The van der Waals surface area contributed by atoms with Gasteiger partial charge in [0.2, 0.25) is 10.0 Å². The summed E-state index contributed by atoms with van der Waals surface area (Å²) in [6, 6.07) is -1.58. The largest absolute Gasteiger partial charge is 0.480 e. The third-order valence-electron chi connectivity index (χ3n) is 2.09. The number of aliphatic hydroxyl groups excluding tert-OH is 1. The molecule has 106 valence electrons. The lowest BCUT2D eigenvalue weighted by Gasteiger charge is -2.12. The van der Waals surface area contributed by atoms with Gasteiger partial charge in [-0.1, -0.05) is 0 Å². The van der Waals surface area contributed by atoms with Crippen LogP contribution in [0.15, 0.2) is 20.7 Å². The molecule has 1 unspecified atom stereocenters. The predicted molar refractivity (Wildman–Crippen MR) is 61.1 cm³/mol. The molecular formula is C8H11N3O7S. The first-order chi connectivity index (χ1) is 8.77. The molecule has 0 amide bonds. The van der Waals surface area contributed by atoms with Crippen LogP contribution in [0.2, 0.25) is 0 Å². The fourth-order valence-corrected chi connectivity index (χ4v) is 2.44. The molecule has 0 radical (unpaired) electrons. The second-order valence-electron chi connectivity index (χ2n) is 3.46. The Morgan fingerprint density at radius 1 is 1.42 bits per heavy atom. The highest BCUT2D eigenvalue weighted by Gasteiger charge is 2.27. The van der Waals surface area contributed by atoms with Crippen LogP contribution >= 0.6 is 0 Å². The van der Waals surface area contributed by atoms with Gasteiger partial charge in [0.15, 0.2) is 4.90 Å². The highest BCUT2D eigenvalue weighted by atomic mass is 32.2. The predicted octanol–water partition coefficient (Wildman–Crippen LogP) is -2.82. The van der Waals surface area contributed by atoms with Crippen molar-refractivity contribution >= 4 is 16.0 Å². The minimum Gasteiger partial charge on any atom is -0.480 e. The molecule has 1 heterocycles. The molecule has 0 aliphatic rings. The highest BCUT2D eigenvalue weighted by Crippen LogP contribution is 2.02. The lowest BCUT2D eigenvalue weighted by molar-refractivity contribution is -0.139. The molecule has 0 saturated heterocycles. The third kappa shape index (κ3) is 3.74. The summed E-state index contributed by atoms with van der Waals surface area (Å²) in [4.78, 5) is 35.6. The van der Waals surface area contributed by atoms with E-state index in [1.807, 2.05) is 4.98 Å². The molecule has 1 aromatic heterocycles. The lowest BCUT2D eigenvalue weighted by Crippen LogP contribution is -2.43. The van der Waals surface area contributed by atoms with Crippen molar-refractivity contribution in [3.63, 3.8) is 0 Å². The van der Waals surface area contributed by atoms with E-state index in [2.05, 4.69) is 0 Å². The number of H-pyrrole nitrogens is 2. The zero-order valence-corrected chi connectivity index (χ0v) is 10.2. The molecular weight excluding hydrogens is 282 g/mol. The van der Waals surface area contributed by atoms with Crippen LogP contribution in [0.1, 0.15) is 6.42 Å². The molecule has 0 aliphatic carbocycles. The summed E-state index contributed by atoms with van der Waals surface area (Å²) in [5.74, 6) is -1.50. The first kappa shape index (κ1) is 15.1. The van der Waals surface area contributed by atoms with E-state index in [-0.39, 0.29) is 6.42 Å². The molecule has 0 saturated carbocycles. The van der Waals surface area contributed by atoms with Gasteiger partial charge in [0.25, 0.3) is 5.56 Å². The number of carboxylic acid groups (broad SMARTS) is 1. The van der Waals surface area contributed by atoms with E-state index in [9.17, 15) is 22.8 Å². The maximum Gasteiger partial charge on any atom is 0.325 e. The van der Waals surface area contributed by atoms with Gasteiger partial charge in [-0.3, -0.25) is 14.6 Å². The third-order valence-corrected chi connectivity index (χ3v) is 3.57. The second-order valence-corrected chi connectivity index (χ2v) is 5.14. The molecule has 1 rings (SSSR count). The number of aliphatic carboxylic acids is 1. The Labute approximate surface area is 106 Å². The average Bonchev–Trinajstić information content (AvgIpc) is 2.27. The number of aromatic amines is 2. The van der Waals surface area contributed by atoms with Crippen molar-refractivity contribution < 1.29 is 23.4 Å². The number of aliphatic hydroxyl groups is 1. The summed E-state index contributed by atoms with van der Waals surface area (Å²) in [7, 11) is -4.43. The Bertz CT molecular complexity index is 674. The monoisotopic (exact) mass is 293 g/mol. The zero-order valence-electron chi connectivity index (χ0n) is 9.41. The van der Waals surface area contributed by atoms with Gasteiger partial charge in [-0.2, -0.15) is 4.72 Å². The van der Waals surface area contributed by atoms with Gasteiger partial charge >= 0.3 is 11.7 Å². The van der Waals surface area contributed by atoms with Crippen molar-refractivity contribution in [1.29, 1.82) is 0 Å². The smallest absolute Gasteiger partial charge is 0.325 e. The molecule has 1 atom stereocenters. The number of carboxylic acids is 1. The van der Waals surface area contributed by atoms with Gasteiger partial charge in [-0.25, -0.2) is 13.2 Å². The fraction of sp³-hybridized carbons (Fsp3) is 0.375. The van der Waals surface area contributed by atoms with Crippen molar-refractivity contribution in [1.82, 2.24) is 14.7 Å². The van der Waals surface area contributed by atoms with Crippen molar-refractivity contribution in [2.24, 2.45) is 0 Å². The zero-order chi connectivity index (χ0) is 14.6. The number of hydrogen-bond acceptors (Lipinski definition) is 6. The number of hydrogen-bond donors (Lipinski definition) is 5. The normalized spacial score (nSPS) is 13.1. The maximum absolute atomic E-state index is 11.8. The summed E-state index contributed by atoms with van der Waals surface area (Å²) in [5, 5.41) is 17.4. The van der Waals surface area contributed by atoms with E-state index >= 15 is 0 Å². The van der Waals surface area contributed by atoms with Crippen LogP contribution in [-0.4, -0.2) is 47.2 Å². The molecule has 5 N–H and O–H groups in total. The SMILES string of the molecule is O=C(O)C(CCO)NS(=O)(=O)c1c[nH]c(=O)[nH]c1=O. The van der Waals surface area contributed by atoms with Crippen LogP contribution in [0.5, 0.6) is 0 Å². The average molecular weight is 293 g/mol. The first-order valence-electron chi connectivity index (χ1n) is 4.96. The Hall–Kier alpha value is -1.98. The van der Waals surface area contributed by atoms with Crippen LogP contribution in [0.3, 0.4) is 0 Å². The van der Waals surface area contributed by atoms with Gasteiger partial charge < -0.3 is 15.2 Å². The highest BCUT2D eigenvalue weighted by molar-refractivity contribution is 7.89. The van der Waals surface area contributed by atoms with Crippen LogP contribution < -0.4 is 16.0 Å².